The molecule has 0 bridgehead atoms. The van der Waals surface area contributed by atoms with Crippen molar-refractivity contribution in [3.05, 3.63) is 47.8 Å². The first-order chi connectivity index (χ1) is 11.2. The first-order valence-corrected chi connectivity index (χ1v) is 8.28. The second-order valence-electron chi connectivity index (χ2n) is 6.21. The van der Waals surface area contributed by atoms with Crippen molar-refractivity contribution in [2.45, 2.75) is 32.7 Å². The van der Waals surface area contributed by atoms with Crippen LogP contribution < -0.4 is 5.32 Å². The van der Waals surface area contributed by atoms with E-state index in [1.807, 2.05) is 31.2 Å². The molecule has 0 saturated carbocycles. The van der Waals surface area contributed by atoms with Crippen LogP contribution in [0.4, 0.5) is 0 Å². The lowest BCUT2D eigenvalue weighted by atomic mass is 9.97. The summed E-state index contributed by atoms with van der Waals surface area (Å²) in [6, 6.07) is 7.80. The molecule has 1 saturated heterocycles. The molecule has 1 fully saturated rings. The standard InChI is InChI=1S/C18H24N2O3/c1-14-6-7-16(23-14)8-9-19-18(21)15-4-2-10-20(12-15)13-17-5-3-11-22-17/h3,5-7,11,15H,2,4,8-10,12-13H2,1H3,(H,19,21)/t15-/m0/s1. The molecular formula is C18H24N2O3. The Kier molecular flexibility index (Phi) is 5.18. The number of piperidine rings is 1. The second-order valence-corrected chi connectivity index (χ2v) is 6.21. The van der Waals surface area contributed by atoms with Gasteiger partial charge < -0.3 is 14.2 Å². The summed E-state index contributed by atoms with van der Waals surface area (Å²) >= 11 is 0. The SMILES string of the molecule is Cc1ccc(CCNC(=O)[C@H]2CCCN(Cc3ccco3)C2)o1. The Morgan fingerprint density at radius 1 is 1.35 bits per heavy atom. The average molecular weight is 316 g/mol. The third kappa shape index (κ3) is 4.48. The summed E-state index contributed by atoms with van der Waals surface area (Å²) in [5, 5.41) is 3.04. The second kappa shape index (κ2) is 7.51. The summed E-state index contributed by atoms with van der Waals surface area (Å²) in [6.45, 7) is 5.16. The molecule has 3 rings (SSSR count). The number of nitrogens with one attached hydrogen (secondary N) is 1. The van der Waals surface area contributed by atoms with Crippen LogP contribution in [-0.4, -0.2) is 30.4 Å². The van der Waals surface area contributed by atoms with Gasteiger partial charge >= 0.3 is 0 Å². The molecule has 1 amide bonds. The Balaban J connectivity index is 1.43. The van der Waals surface area contributed by atoms with Crippen molar-refractivity contribution < 1.29 is 13.6 Å². The highest BCUT2D eigenvalue weighted by Gasteiger charge is 2.25. The van der Waals surface area contributed by atoms with Crippen molar-refractivity contribution in [1.82, 2.24) is 10.2 Å². The highest BCUT2D eigenvalue weighted by Crippen LogP contribution is 2.19. The van der Waals surface area contributed by atoms with Gasteiger partial charge in [-0.15, -0.1) is 0 Å². The minimum Gasteiger partial charge on any atom is -0.468 e. The number of carbonyl (C=O) groups is 1. The first kappa shape index (κ1) is 15.9. The zero-order chi connectivity index (χ0) is 16.1. The lowest BCUT2D eigenvalue weighted by Crippen LogP contribution is -2.43. The van der Waals surface area contributed by atoms with Crippen LogP contribution in [0.3, 0.4) is 0 Å². The summed E-state index contributed by atoms with van der Waals surface area (Å²) in [5.74, 6) is 3.01. The summed E-state index contributed by atoms with van der Waals surface area (Å²) in [7, 11) is 0. The van der Waals surface area contributed by atoms with E-state index >= 15 is 0 Å². The number of rotatable bonds is 6. The van der Waals surface area contributed by atoms with Crippen LogP contribution in [0.15, 0.2) is 39.4 Å². The summed E-state index contributed by atoms with van der Waals surface area (Å²) in [6.07, 6.45) is 4.44. The Morgan fingerprint density at radius 2 is 2.26 bits per heavy atom. The van der Waals surface area contributed by atoms with E-state index in [1.54, 1.807) is 6.26 Å². The monoisotopic (exact) mass is 316 g/mol. The van der Waals surface area contributed by atoms with Crippen LogP contribution in [-0.2, 0) is 17.8 Å². The molecule has 23 heavy (non-hydrogen) atoms. The average Bonchev–Trinajstić information content (AvgIpc) is 3.19. The third-order valence-corrected chi connectivity index (χ3v) is 4.30. The van der Waals surface area contributed by atoms with Crippen molar-refractivity contribution in [3.63, 3.8) is 0 Å². The van der Waals surface area contributed by atoms with Crippen LogP contribution in [0.2, 0.25) is 0 Å². The molecule has 0 radical (unpaired) electrons. The fraction of sp³-hybridized carbons (Fsp3) is 0.500. The van der Waals surface area contributed by atoms with Gasteiger partial charge in [-0.2, -0.15) is 0 Å². The number of hydrogen-bond acceptors (Lipinski definition) is 4. The Hall–Kier alpha value is -2.01. The molecule has 1 atom stereocenters. The van der Waals surface area contributed by atoms with Gasteiger partial charge in [-0.05, 0) is 50.6 Å². The van der Waals surface area contributed by atoms with E-state index in [2.05, 4.69) is 10.2 Å². The smallest absolute Gasteiger partial charge is 0.224 e. The minimum absolute atomic E-state index is 0.0667. The summed E-state index contributed by atoms with van der Waals surface area (Å²) < 4.78 is 10.9. The molecule has 1 aliphatic rings. The number of carbonyl (C=O) groups excluding carboxylic acids is 1. The van der Waals surface area contributed by atoms with E-state index in [9.17, 15) is 4.79 Å². The molecule has 5 heteroatoms. The highest BCUT2D eigenvalue weighted by molar-refractivity contribution is 5.78. The predicted octanol–water partition coefficient (Wildman–Crippen LogP) is 2.75. The summed E-state index contributed by atoms with van der Waals surface area (Å²) in [4.78, 5) is 14.6. The number of hydrogen-bond donors (Lipinski definition) is 1. The lowest BCUT2D eigenvalue weighted by molar-refractivity contribution is -0.126. The van der Waals surface area contributed by atoms with E-state index < -0.39 is 0 Å². The number of amides is 1. The van der Waals surface area contributed by atoms with Crippen LogP contribution in [0.1, 0.15) is 30.1 Å². The molecule has 0 unspecified atom stereocenters. The molecule has 5 nitrogen and oxygen atoms in total. The van der Waals surface area contributed by atoms with Crippen LogP contribution in [0, 0.1) is 12.8 Å². The zero-order valence-corrected chi connectivity index (χ0v) is 13.6. The number of likely N-dealkylation sites (tertiary alicyclic amines) is 1. The zero-order valence-electron chi connectivity index (χ0n) is 13.6. The lowest BCUT2D eigenvalue weighted by Gasteiger charge is -2.31. The fourth-order valence-corrected chi connectivity index (χ4v) is 3.11. The molecule has 0 aromatic carbocycles. The topological polar surface area (TPSA) is 58.6 Å². The molecule has 0 aliphatic carbocycles. The maximum Gasteiger partial charge on any atom is 0.224 e. The van der Waals surface area contributed by atoms with Gasteiger partial charge in [0.25, 0.3) is 0 Å². The van der Waals surface area contributed by atoms with E-state index in [0.29, 0.717) is 6.54 Å². The van der Waals surface area contributed by atoms with Crippen molar-refractivity contribution in [2.24, 2.45) is 5.92 Å². The van der Waals surface area contributed by atoms with Crippen LogP contribution in [0.5, 0.6) is 0 Å². The molecule has 0 spiro atoms. The first-order valence-electron chi connectivity index (χ1n) is 8.28. The van der Waals surface area contributed by atoms with Gasteiger partial charge in [0.1, 0.15) is 17.3 Å². The molecule has 1 N–H and O–H groups in total. The third-order valence-electron chi connectivity index (χ3n) is 4.30. The van der Waals surface area contributed by atoms with Gasteiger partial charge in [0.2, 0.25) is 5.91 Å². The van der Waals surface area contributed by atoms with Gasteiger partial charge in [0.15, 0.2) is 0 Å². The van der Waals surface area contributed by atoms with Crippen molar-refractivity contribution in [2.75, 3.05) is 19.6 Å². The Bertz CT molecular complexity index is 618. The minimum atomic E-state index is 0.0667. The van der Waals surface area contributed by atoms with Crippen molar-refractivity contribution >= 4 is 5.91 Å². The fourth-order valence-electron chi connectivity index (χ4n) is 3.11. The largest absolute Gasteiger partial charge is 0.468 e. The highest BCUT2D eigenvalue weighted by atomic mass is 16.3. The summed E-state index contributed by atoms with van der Waals surface area (Å²) in [5.41, 5.74) is 0. The maximum absolute atomic E-state index is 12.3. The van der Waals surface area contributed by atoms with Crippen molar-refractivity contribution in [1.29, 1.82) is 0 Å². The van der Waals surface area contributed by atoms with E-state index in [-0.39, 0.29) is 11.8 Å². The molecular weight excluding hydrogens is 292 g/mol. The molecule has 124 valence electrons. The normalized spacial score (nSPS) is 18.9. The maximum atomic E-state index is 12.3. The molecule has 3 heterocycles. The molecule has 2 aromatic heterocycles. The molecule has 2 aromatic rings. The van der Waals surface area contributed by atoms with Crippen LogP contribution >= 0.6 is 0 Å². The van der Waals surface area contributed by atoms with E-state index in [4.69, 9.17) is 8.83 Å². The number of aryl methyl sites for hydroxylation is 1. The number of nitrogens with zero attached hydrogens (tertiary/aromatic N) is 1. The van der Waals surface area contributed by atoms with Gasteiger partial charge in [0, 0.05) is 19.5 Å². The van der Waals surface area contributed by atoms with Gasteiger partial charge in [0.05, 0.1) is 18.7 Å². The van der Waals surface area contributed by atoms with E-state index in [0.717, 1.165) is 56.2 Å². The Morgan fingerprint density at radius 3 is 3.00 bits per heavy atom. The van der Waals surface area contributed by atoms with Gasteiger partial charge in [-0.3, -0.25) is 9.69 Å². The molecule has 1 aliphatic heterocycles. The predicted molar refractivity (Wildman–Crippen MR) is 86.9 cm³/mol. The van der Waals surface area contributed by atoms with Crippen LogP contribution in [0.25, 0.3) is 0 Å². The van der Waals surface area contributed by atoms with Gasteiger partial charge in [-0.1, -0.05) is 0 Å². The number of furan rings is 2. The quantitative estimate of drug-likeness (QED) is 0.890. The van der Waals surface area contributed by atoms with Crippen molar-refractivity contribution in [3.8, 4) is 0 Å². The van der Waals surface area contributed by atoms with E-state index in [1.165, 1.54) is 0 Å². The Labute approximate surface area is 136 Å². The van der Waals surface area contributed by atoms with Gasteiger partial charge in [-0.25, -0.2) is 0 Å².